The van der Waals surface area contributed by atoms with E-state index in [4.69, 9.17) is 6.42 Å². The second-order valence-corrected chi connectivity index (χ2v) is 4.79. The van der Waals surface area contributed by atoms with Crippen LogP contribution in [0.3, 0.4) is 0 Å². The van der Waals surface area contributed by atoms with E-state index in [1.54, 1.807) is 6.07 Å². The molecule has 0 fully saturated rings. The van der Waals surface area contributed by atoms with E-state index in [-0.39, 0.29) is 5.82 Å². The van der Waals surface area contributed by atoms with E-state index in [0.717, 1.165) is 12.1 Å². The van der Waals surface area contributed by atoms with Crippen LogP contribution in [0.1, 0.15) is 23.5 Å². The second kappa shape index (κ2) is 7.45. The molecular weight excluding hydrogens is 305 g/mol. The molecule has 1 atom stereocenters. The van der Waals surface area contributed by atoms with Crippen molar-refractivity contribution >= 4 is 11.7 Å². The van der Waals surface area contributed by atoms with Gasteiger partial charge in [0.05, 0.1) is 5.92 Å². The van der Waals surface area contributed by atoms with Gasteiger partial charge in [0.25, 0.3) is 0 Å². The van der Waals surface area contributed by atoms with Crippen LogP contribution in [0, 0.1) is 18.2 Å². The number of terminal acetylenes is 1. The number of anilines is 1. The molecule has 2 aromatic rings. The van der Waals surface area contributed by atoms with Gasteiger partial charge in [0.2, 0.25) is 12.3 Å². The molecule has 6 heteroatoms. The van der Waals surface area contributed by atoms with Gasteiger partial charge in [0.15, 0.2) is 0 Å². The normalized spacial score (nSPS) is 11.8. The van der Waals surface area contributed by atoms with E-state index in [2.05, 4.69) is 16.2 Å². The van der Waals surface area contributed by atoms with Crippen LogP contribution in [0.2, 0.25) is 0 Å². The van der Waals surface area contributed by atoms with Gasteiger partial charge in [-0.25, -0.2) is 18.2 Å². The molecule has 0 aliphatic rings. The Hall–Kier alpha value is -2.81. The molecule has 1 N–H and O–H groups in total. The molecule has 3 nitrogen and oxygen atoms in total. The van der Waals surface area contributed by atoms with Gasteiger partial charge in [-0.05, 0) is 29.8 Å². The second-order valence-electron chi connectivity index (χ2n) is 4.79. The summed E-state index contributed by atoms with van der Waals surface area (Å²) in [5, 5.41) is 2.46. The van der Waals surface area contributed by atoms with Gasteiger partial charge in [-0.3, -0.25) is 4.79 Å². The lowest BCUT2D eigenvalue weighted by Crippen LogP contribution is -2.23. The Morgan fingerprint density at radius 2 is 1.96 bits per heavy atom. The summed E-state index contributed by atoms with van der Waals surface area (Å²) in [5.74, 6) is 0.281. The average molecular weight is 318 g/mol. The molecule has 0 radical (unpaired) electrons. The Morgan fingerprint density at radius 1 is 1.26 bits per heavy atom. The highest BCUT2D eigenvalue weighted by Crippen LogP contribution is 2.25. The number of hydrogen-bond acceptors (Lipinski definition) is 2. The lowest BCUT2D eigenvalue weighted by molar-refractivity contribution is -0.118. The monoisotopic (exact) mass is 318 g/mol. The number of carbonyl (C=O) groups is 1. The Balaban J connectivity index is 2.22. The molecule has 1 unspecified atom stereocenters. The van der Waals surface area contributed by atoms with Gasteiger partial charge in [-0.1, -0.05) is 18.1 Å². The summed E-state index contributed by atoms with van der Waals surface area (Å²) >= 11 is 0. The Labute approximate surface area is 131 Å². The zero-order chi connectivity index (χ0) is 16.8. The van der Waals surface area contributed by atoms with Crippen molar-refractivity contribution in [3.63, 3.8) is 0 Å². The first-order valence-electron chi connectivity index (χ1n) is 6.76. The fourth-order valence-electron chi connectivity index (χ4n) is 2.07. The number of rotatable bonds is 5. The van der Waals surface area contributed by atoms with Crippen molar-refractivity contribution in [2.45, 2.75) is 18.8 Å². The summed E-state index contributed by atoms with van der Waals surface area (Å²) in [5.41, 5.74) is 0.805. The molecule has 0 saturated heterocycles. The third kappa shape index (κ3) is 4.58. The summed E-state index contributed by atoms with van der Waals surface area (Å²) < 4.78 is 38.5. The quantitative estimate of drug-likeness (QED) is 0.856. The maximum absolute atomic E-state index is 13.0. The molecule has 118 valence electrons. The van der Waals surface area contributed by atoms with Crippen LogP contribution in [0.4, 0.5) is 19.0 Å². The van der Waals surface area contributed by atoms with Gasteiger partial charge in [0.1, 0.15) is 11.6 Å². The highest BCUT2D eigenvalue weighted by Gasteiger charge is 2.25. The van der Waals surface area contributed by atoms with Gasteiger partial charge in [0, 0.05) is 18.2 Å². The molecule has 1 aromatic heterocycles. The minimum Gasteiger partial charge on any atom is -0.310 e. The van der Waals surface area contributed by atoms with Crippen LogP contribution in [0.25, 0.3) is 0 Å². The van der Waals surface area contributed by atoms with Crippen molar-refractivity contribution in [2.24, 2.45) is 0 Å². The van der Waals surface area contributed by atoms with E-state index < -0.39 is 30.5 Å². The number of benzene rings is 1. The van der Waals surface area contributed by atoms with Crippen LogP contribution in [0.5, 0.6) is 0 Å². The molecule has 0 aliphatic carbocycles. The summed E-state index contributed by atoms with van der Waals surface area (Å²) in [6.45, 7) is 0. The summed E-state index contributed by atoms with van der Waals surface area (Å²) in [6, 6.07) is 7.91. The standard InChI is InChI=1S/C17H13F3N2O/c1-2-11-7-8-21-16(9-11)22-17(23)14(10-15(19)20)12-3-5-13(18)6-4-12/h1,3-9,14-15H,10H2,(H,21,22,23). The SMILES string of the molecule is C#Cc1ccnc(NC(=O)C(CC(F)F)c2ccc(F)cc2)c1. The molecule has 23 heavy (non-hydrogen) atoms. The van der Waals surface area contributed by atoms with Crippen LogP contribution in [-0.4, -0.2) is 17.3 Å². The van der Waals surface area contributed by atoms with Gasteiger partial charge < -0.3 is 5.32 Å². The fraction of sp³-hybridized carbons (Fsp3) is 0.176. The molecule has 0 spiro atoms. The van der Waals surface area contributed by atoms with Crippen molar-refractivity contribution in [3.05, 3.63) is 59.5 Å². The lowest BCUT2D eigenvalue weighted by Gasteiger charge is -2.16. The van der Waals surface area contributed by atoms with E-state index >= 15 is 0 Å². The summed E-state index contributed by atoms with van der Waals surface area (Å²) in [4.78, 5) is 16.2. The molecule has 0 bridgehead atoms. The fourth-order valence-corrected chi connectivity index (χ4v) is 2.07. The maximum Gasteiger partial charge on any atom is 0.239 e. The highest BCUT2D eigenvalue weighted by atomic mass is 19.3. The third-order valence-electron chi connectivity index (χ3n) is 3.18. The van der Waals surface area contributed by atoms with Gasteiger partial charge in [-0.15, -0.1) is 6.42 Å². The minimum atomic E-state index is -2.68. The highest BCUT2D eigenvalue weighted by molar-refractivity contribution is 5.95. The zero-order valence-electron chi connectivity index (χ0n) is 12.0. The van der Waals surface area contributed by atoms with Crippen molar-refractivity contribution in [1.82, 2.24) is 4.98 Å². The predicted molar refractivity (Wildman–Crippen MR) is 80.6 cm³/mol. The third-order valence-corrected chi connectivity index (χ3v) is 3.18. The molecule has 1 amide bonds. The van der Waals surface area contributed by atoms with E-state index in [1.807, 2.05) is 0 Å². The van der Waals surface area contributed by atoms with Gasteiger partial charge in [-0.2, -0.15) is 0 Å². The molecule has 2 rings (SSSR count). The maximum atomic E-state index is 13.0. The largest absolute Gasteiger partial charge is 0.310 e. The Kier molecular flexibility index (Phi) is 5.36. The Morgan fingerprint density at radius 3 is 2.57 bits per heavy atom. The number of nitrogens with one attached hydrogen (secondary N) is 1. The van der Waals surface area contributed by atoms with Crippen LogP contribution in [-0.2, 0) is 4.79 Å². The molecule has 1 aromatic carbocycles. The van der Waals surface area contributed by atoms with Crippen molar-refractivity contribution in [2.75, 3.05) is 5.32 Å². The number of aromatic nitrogens is 1. The number of carbonyl (C=O) groups excluding carboxylic acids is 1. The molecule has 1 heterocycles. The zero-order valence-corrected chi connectivity index (χ0v) is 12.0. The number of halogens is 3. The number of amides is 1. The van der Waals surface area contributed by atoms with Gasteiger partial charge >= 0.3 is 0 Å². The smallest absolute Gasteiger partial charge is 0.239 e. The van der Waals surface area contributed by atoms with Crippen molar-refractivity contribution in [3.8, 4) is 12.3 Å². The minimum absolute atomic E-state index is 0.173. The van der Waals surface area contributed by atoms with Crippen LogP contribution < -0.4 is 5.32 Å². The number of pyridine rings is 1. The number of hydrogen-bond donors (Lipinski definition) is 1. The summed E-state index contributed by atoms with van der Waals surface area (Å²) in [6.07, 6.45) is 3.31. The first-order chi connectivity index (χ1) is 11.0. The van der Waals surface area contributed by atoms with Crippen molar-refractivity contribution in [1.29, 1.82) is 0 Å². The van der Waals surface area contributed by atoms with Crippen LogP contribution in [0.15, 0.2) is 42.6 Å². The molecular formula is C17H13F3N2O. The Bertz CT molecular complexity index is 723. The van der Waals surface area contributed by atoms with E-state index in [1.165, 1.54) is 24.4 Å². The lowest BCUT2D eigenvalue weighted by atomic mass is 9.95. The van der Waals surface area contributed by atoms with Crippen LogP contribution >= 0.6 is 0 Å². The van der Waals surface area contributed by atoms with E-state index in [9.17, 15) is 18.0 Å². The molecule has 0 aliphatic heterocycles. The first kappa shape index (κ1) is 16.6. The number of nitrogens with zero attached hydrogens (tertiary/aromatic N) is 1. The topological polar surface area (TPSA) is 42.0 Å². The molecule has 0 saturated carbocycles. The average Bonchev–Trinajstić information content (AvgIpc) is 2.53. The number of alkyl halides is 2. The summed E-state index contributed by atoms with van der Waals surface area (Å²) in [7, 11) is 0. The predicted octanol–water partition coefficient (Wildman–Crippen LogP) is 3.58. The van der Waals surface area contributed by atoms with E-state index in [0.29, 0.717) is 11.1 Å². The van der Waals surface area contributed by atoms with Crippen molar-refractivity contribution < 1.29 is 18.0 Å². The first-order valence-corrected chi connectivity index (χ1v) is 6.76.